The van der Waals surface area contributed by atoms with Crippen molar-refractivity contribution in [2.24, 2.45) is 0 Å². The molecule has 0 fully saturated rings. The second-order valence-electron chi connectivity index (χ2n) is 5.79. The smallest absolute Gasteiger partial charge is 0.137 e. The van der Waals surface area contributed by atoms with E-state index in [1.54, 1.807) is 7.11 Å². The number of nitrogens with one attached hydrogen (secondary N) is 1. The van der Waals surface area contributed by atoms with Gasteiger partial charge >= 0.3 is 0 Å². The van der Waals surface area contributed by atoms with Crippen molar-refractivity contribution in [1.82, 2.24) is 5.32 Å². The van der Waals surface area contributed by atoms with Gasteiger partial charge < -0.3 is 10.1 Å². The molecule has 1 atom stereocenters. The molecule has 0 aliphatic carbocycles. The monoisotopic (exact) mass is 283 g/mol. The summed E-state index contributed by atoms with van der Waals surface area (Å²) in [4.78, 5) is 0. The van der Waals surface area contributed by atoms with Crippen molar-refractivity contribution in [3.63, 3.8) is 0 Å². The molecule has 0 amide bonds. The minimum Gasteiger partial charge on any atom is -0.495 e. The zero-order chi connectivity index (χ0) is 14.5. The Labute approximate surface area is 122 Å². The van der Waals surface area contributed by atoms with Gasteiger partial charge in [-0.1, -0.05) is 38.4 Å². The van der Waals surface area contributed by atoms with E-state index in [-0.39, 0.29) is 5.41 Å². The molecule has 2 nitrogen and oxygen atoms in total. The van der Waals surface area contributed by atoms with Crippen LogP contribution in [0.25, 0.3) is 0 Å². The predicted molar refractivity (Wildman–Crippen MR) is 83.4 cm³/mol. The Kier molecular flexibility index (Phi) is 6.15. The number of methoxy groups -OCH3 is 1. The molecule has 1 unspecified atom stereocenters. The number of rotatable bonds is 7. The highest BCUT2D eigenvalue weighted by atomic mass is 35.5. The molecule has 1 rings (SSSR count). The van der Waals surface area contributed by atoms with Crippen LogP contribution in [0.1, 0.15) is 46.1 Å². The summed E-state index contributed by atoms with van der Waals surface area (Å²) < 4.78 is 5.30. The maximum absolute atomic E-state index is 6.08. The Morgan fingerprint density at radius 3 is 2.63 bits per heavy atom. The molecule has 0 aliphatic heterocycles. The molecule has 0 spiro atoms. The van der Waals surface area contributed by atoms with E-state index in [0.29, 0.717) is 11.1 Å². The van der Waals surface area contributed by atoms with Crippen LogP contribution < -0.4 is 10.1 Å². The molecule has 0 saturated heterocycles. The lowest BCUT2D eigenvalue weighted by molar-refractivity contribution is 0.383. The molecular formula is C16H26ClNO. The van der Waals surface area contributed by atoms with E-state index in [1.807, 2.05) is 6.07 Å². The second-order valence-corrected chi connectivity index (χ2v) is 6.20. The number of ether oxygens (including phenoxy) is 1. The fourth-order valence-electron chi connectivity index (χ4n) is 2.43. The summed E-state index contributed by atoms with van der Waals surface area (Å²) >= 11 is 6.08. The quantitative estimate of drug-likeness (QED) is 0.801. The molecule has 0 bridgehead atoms. The molecular weight excluding hydrogens is 258 g/mol. The van der Waals surface area contributed by atoms with E-state index in [2.05, 4.69) is 45.1 Å². The van der Waals surface area contributed by atoms with E-state index in [9.17, 15) is 0 Å². The van der Waals surface area contributed by atoms with Gasteiger partial charge in [-0.25, -0.2) is 0 Å². The van der Waals surface area contributed by atoms with Crippen LogP contribution in [0.4, 0.5) is 0 Å². The molecule has 1 aromatic rings. The highest BCUT2D eigenvalue weighted by Crippen LogP contribution is 2.34. The molecule has 0 aliphatic rings. The van der Waals surface area contributed by atoms with E-state index < -0.39 is 0 Å². The van der Waals surface area contributed by atoms with Crippen molar-refractivity contribution in [3.05, 3.63) is 28.8 Å². The molecule has 108 valence electrons. The summed E-state index contributed by atoms with van der Waals surface area (Å²) in [5, 5.41) is 4.21. The van der Waals surface area contributed by atoms with Gasteiger partial charge in [0.25, 0.3) is 0 Å². The van der Waals surface area contributed by atoms with Gasteiger partial charge in [0.05, 0.1) is 12.1 Å². The van der Waals surface area contributed by atoms with Crippen molar-refractivity contribution in [1.29, 1.82) is 0 Å². The van der Waals surface area contributed by atoms with E-state index >= 15 is 0 Å². The van der Waals surface area contributed by atoms with Crippen molar-refractivity contribution in [3.8, 4) is 5.75 Å². The van der Waals surface area contributed by atoms with E-state index in [0.717, 1.165) is 18.7 Å². The highest BCUT2D eigenvalue weighted by molar-refractivity contribution is 6.32. The summed E-state index contributed by atoms with van der Waals surface area (Å²) in [7, 11) is 1.66. The maximum Gasteiger partial charge on any atom is 0.137 e. The number of benzene rings is 1. The van der Waals surface area contributed by atoms with Crippen LogP contribution >= 0.6 is 11.6 Å². The van der Waals surface area contributed by atoms with E-state index in [1.165, 1.54) is 12.0 Å². The van der Waals surface area contributed by atoms with Crippen LogP contribution in [0.15, 0.2) is 18.2 Å². The first-order chi connectivity index (χ1) is 8.90. The second kappa shape index (κ2) is 7.16. The first-order valence-electron chi connectivity index (χ1n) is 6.98. The van der Waals surface area contributed by atoms with Gasteiger partial charge in [-0.2, -0.15) is 0 Å². The van der Waals surface area contributed by atoms with Gasteiger partial charge in [0.2, 0.25) is 0 Å². The Morgan fingerprint density at radius 1 is 1.37 bits per heavy atom. The summed E-state index contributed by atoms with van der Waals surface area (Å²) in [5.74, 6) is 0.751. The number of halogens is 1. The minimum atomic E-state index is 0.0953. The third kappa shape index (κ3) is 4.70. The first-order valence-corrected chi connectivity index (χ1v) is 7.36. The lowest BCUT2D eigenvalue weighted by Crippen LogP contribution is -2.33. The summed E-state index contributed by atoms with van der Waals surface area (Å²) in [5.41, 5.74) is 1.36. The van der Waals surface area contributed by atoms with Crippen molar-refractivity contribution < 1.29 is 4.74 Å². The van der Waals surface area contributed by atoms with Crippen LogP contribution in [0.3, 0.4) is 0 Å². The van der Waals surface area contributed by atoms with Gasteiger partial charge in [-0.05, 0) is 49.4 Å². The van der Waals surface area contributed by atoms with Gasteiger partial charge in [0, 0.05) is 6.04 Å². The van der Waals surface area contributed by atoms with Crippen molar-refractivity contribution in [2.45, 2.75) is 52.0 Å². The van der Waals surface area contributed by atoms with Gasteiger partial charge in [0.15, 0.2) is 0 Å². The molecule has 0 heterocycles. The third-order valence-electron chi connectivity index (χ3n) is 3.49. The average molecular weight is 284 g/mol. The maximum atomic E-state index is 6.08. The average Bonchev–Trinajstić information content (AvgIpc) is 2.36. The fraction of sp³-hybridized carbons (Fsp3) is 0.625. The van der Waals surface area contributed by atoms with Crippen LogP contribution in [0.2, 0.25) is 5.02 Å². The van der Waals surface area contributed by atoms with E-state index in [4.69, 9.17) is 16.3 Å². The number of hydrogen-bond donors (Lipinski definition) is 1. The molecule has 3 heteroatoms. The molecule has 0 aromatic heterocycles. The zero-order valence-corrected chi connectivity index (χ0v) is 13.5. The summed E-state index contributed by atoms with van der Waals surface area (Å²) in [6.07, 6.45) is 2.25. The topological polar surface area (TPSA) is 21.3 Å². The molecule has 1 aromatic carbocycles. The Morgan fingerprint density at radius 2 is 2.05 bits per heavy atom. The SMILES string of the molecule is CCCNC(C)CC(C)(C)c1ccc(Cl)c(OC)c1. The molecule has 1 N–H and O–H groups in total. The van der Waals surface area contributed by atoms with Crippen molar-refractivity contribution >= 4 is 11.6 Å². The lowest BCUT2D eigenvalue weighted by atomic mass is 9.79. The Balaban J connectivity index is 2.81. The van der Waals surface area contributed by atoms with Gasteiger partial charge in [-0.3, -0.25) is 0 Å². The van der Waals surface area contributed by atoms with Gasteiger partial charge in [0.1, 0.15) is 5.75 Å². The zero-order valence-electron chi connectivity index (χ0n) is 12.7. The van der Waals surface area contributed by atoms with Crippen molar-refractivity contribution in [2.75, 3.05) is 13.7 Å². The van der Waals surface area contributed by atoms with Crippen LogP contribution in [-0.4, -0.2) is 19.7 Å². The highest BCUT2D eigenvalue weighted by Gasteiger charge is 2.24. The molecule has 0 saturated carbocycles. The molecule has 0 radical (unpaired) electrons. The van der Waals surface area contributed by atoms with Crippen LogP contribution in [0.5, 0.6) is 5.75 Å². The van der Waals surface area contributed by atoms with Crippen LogP contribution in [-0.2, 0) is 5.41 Å². The normalized spacial score (nSPS) is 13.4. The first kappa shape index (κ1) is 16.3. The Hall–Kier alpha value is -0.730. The van der Waals surface area contributed by atoms with Crippen LogP contribution in [0, 0.1) is 0 Å². The summed E-state index contributed by atoms with van der Waals surface area (Å²) in [6, 6.07) is 6.56. The third-order valence-corrected chi connectivity index (χ3v) is 3.80. The fourth-order valence-corrected chi connectivity index (χ4v) is 2.62. The standard InChI is InChI=1S/C16H26ClNO/c1-6-9-18-12(2)11-16(3,4)13-7-8-14(17)15(10-13)19-5/h7-8,10,12,18H,6,9,11H2,1-5H3. The Bertz CT molecular complexity index is 404. The van der Waals surface area contributed by atoms with Gasteiger partial charge in [-0.15, -0.1) is 0 Å². The number of hydrogen-bond acceptors (Lipinski definition) is 2. The lowest BCUT2D eigenvalue weighted by Gasteiger charge is -2.29. The summed E-state index contributed by atoms with van der Waals surface area (Å²) in [6.45, 7) is 10.0. The largest absolute Gasteiger partial charge is 0.495 e. The predicted octanol–water partition coefficient (Wildman–Crippen LogP) is 4.40. The molecule has 19 heavy (non-hydrogen) atoms. The minimum absolute atomic E-state index is 0.0953.